The minimum atomic E-state index is -3.53. The lowest BCUT2D eigenvalue weighted by Gasteiger charge is -2.32. The van der Waals surface area contributed by atoms with Crippen molar-refractivity contribution < 1.29 is 8.42 Å². The van der Waals surface area contributed by atoms with Gasteiger partial charge in [0.25, 0.3) is 0 Å². The molecule has 1 aromatic carbocycles. The minimum absolute atomic E-state index is 0. The zero-order valence-electron chi connectivity index (χ0n) is 17.5. The van der Waals surface area contributed by atoms with E-state index in [1.165, 1.54) is 0 Å². The van der Waals surface area contributed by atoms with Crippen LogP contribution in [0.3, 0.4) is 0 Å². The van der Waals surface area contributed by atoms with Crippen LogP contribution in [-0.2, 0) is 23.1 Å². The summed E-state index contributed by atoms with van der Waals surface area (Å²) in [5, 5.41) is 7.40. The monoisotopic (exact) mass is 564 g/mol. The second-order valence-corrected chi connectivity index (χ2v) is 10.2. The van der Waals surface area contributed by atoms with Gasteiger partial charge in [0.1, 0.15) is 5.01 Å². The number of nitrogens with zero attached hydrogens (tertiary/aromatic N) is 4. The number of aromatic nitrogens is 1. The smallest absolute Gasteiger partial charge is 0.243 e. The van der Waals surface area contributed by atoms with Crippen LogP contribution in [-0.4, -0.2) is 68.8 Å². The quantitative estimate of drug-likeness (QED) is 0.317. The number of piperazine rings is 1. The van der Waals surface area contributed by atoms with Gasteiger partial charge in [-0.3, -0.25) is 4.99 Å². The third-order valence-corrected chi connectivity index (χ3v) is 7.71. The van der Waals surface area contributed by atoms with Crippen LogP contribution in [0.1, 0.15) is 15.4 Å². The maximum absolute atomic E-state index is 13.2. The number of hydrogen-bond donors (Lipinski definition) is 2. The molecule has 1 aliphatic heterocycles. The zero-order chi connectivity index (χ0) is 20.9. The normalized spacial score (nSPS) is 16.2. The molecule has 0 atom stereocenters. The van der Waals surface area contributed by atoms with Gasteiger partial charge < -0.3 is 15.5 Å². The summed E-state index contributed by atoms with van der Waals surface area (Å²) in [6.07, 6.45) is 1.84. The van der Waals surface area contributed by atoms with Crippen molar-refractivity contribution >= 4 is 51.3 Å². The second kappa shape index (κ2) is 11.4. The first-order valence-electron chi connectivity index (χ1n) is 9.52. The van der Waals surface area contributed by atoms with Crippen LogP contribution in [0.15, 0.2) is 40.4 Å². The highest BCUT2D eigenvalue weighted by atomic mass is 127. The number of likely N-dealkylation sites (N-methyl/N-ethyl adjacent to an activating group) is 1. The largest absolute Gasteiger partial charge is 0.352 e. The lowest BCUT2D eigenvalue weighted by atomic mass is 10.2. The molecule has 2 N–H and O–H groups in total. The summed E-state index contributed by atoms with van der Waals surface area (Å²) in [6, 6.07) is 7.14. The number of guanidine groups is 1. The van der Waals surface area contributed by atoms with Crippen LogP contribution in [0.4, 0.5) is 0 Å². The van der Waals surface area contributed by atoms with Gasteiger partial charge in [0, 0.05) is 50.8 Å². The Bertz CT molecular complexity index is 955. The molecule has 1 aliphatic rings. The van der Waals surface area contributed by atoms with Gasteiger partial charge in [0.15, 0.2) is 5.96 Å². The Morgan fingerprint density at radius 1 is 1.17 bits per heavy atom. The topological polar surface area (TPSA) is 89.9 Å². The molecule has 0 radical (unpaired) electrons. The van der Waals surface area contributed by atoms with Crippen molar-refractivity contribution in [3.8, 4) is 0 Å². The lowest BCUT2D eigenvalue weighted by molar-refractivity contribution is 0.222. The van der Waals surface area contributed by atoms with Crippen molar-refractivity contribution in [1.29, 1.82) is 0 Å². The van der Waals surface area contributed by atoms with E-state index in [0.29, 0.717) is 37.0 Å². The highest BCUT2D eigenvalue weighted by Gasteiger charge is 2.29. The van der Waals surface area contributed by atoms with Crippen molar-refractivity contribution in [2.75, 3.05) is 40.3 Å². The third kappa shape index (κ3) is 6.36. The number of hydrogen-bond acceptors (Lipinski definition) is 6. The average molecular weight is 565 g/mol. The standard InChI is InChI=1S/C19H28N6O2S2.HI/c1-15-12-21-18(28-15)14-23-19(20-2)22-13-16-6-4-5-7-17(16)29(26,27)25-10-8-24(3)9-11-25;/h4-7,12H,8-11,13-14H2,1-3H3,(H2,20,22,23);1H. The molecule has 0 aliphatic carbocycles. The molecule has 8 nitrogen and oxygen atoms in total. The molecule has 3 rings (SSSR count). The lowest BCUT2D eigenvalue weighted by Crippen LogP contribution is -2.47. The second-order valence-electron chi connectivity index (χ2n) is 6.96. The summed E-state index contributed by atoms with van der Waals surface area (Å²) in [5.74, 6) is 0.602. The molecule has 0 unspecified atom stereocenters. The Morgan fingerprint density at radius 3 is 2.47 bits per heavy atom. The molecule has 0 bridgehead atoms. The van der Waals surface area contributed by atoms with Crippen LogP contribution < -0.4 is 10.6 Å². The Hall–Kier alpha value is -1.28. The minimum Gasteiger partial charge on any atom is -0.352 e. The van der Waals surface area contributed by atoms with E-state index in [-0.39, 0.29) is 24.0 Å². The molecule has 0 amide bonds. The van der Waals surface area contributed by atoms with Gasteiger partial charge in [-0.05, 0) is 25.6 Å². The van der Waals surface area contributed by atoms with Crippen molar-refractivity contribution in [2.24, 2.45) is 4.99 Å². The summed E-state index contributed by atoms with van der Waals surface area (Å²) >= 11 is 1.63. The van der Waals surface area contributed by atoms with E-state index < -0.39 is 10.0 Å². The SMILES string of the molecule is CN=C(NCc1ncc(C)s1)NCc1ccccc1S(=O)(=O)N1CCN(C)CC1.I. The van der Waals surface area contributed by atoms with E-state index in [1.54, 1.807) is 34.8 Å². The Morgan fingerprint density at radius 2 is 1.83 bits per heavy atom. The van der Waals surface area contributed by atoms with E-state index in [9.17, 15) is 8.42 Å². The van der Waals surface area contributed by atoms with Gasteiger partial charge in [-0.1, -0.05) is 18.2 Å². The van der Waals surface area contributed by atoms with Crippen molar-refractivity contribution in [1.82, 2.24) is 24.8 Å². The highest BCUT2D eigenvalue weighted by Crippen LogP contribution is 2.21. The maximum atomic E-state index is 13.2. The molecule has 2 aromatic rings. The molecule has 2 heterocycles. The van der Waals surface area contributed by atoms with Crippen LogP contribution in [0.2, 0.25) is 0 Å². The number of nitrogens with one attached hydrogen (secondary N) is 2. The van der Waals surface area contributed by atoms with Gasteiger partial charge in [-0.25, -0.2) is 13.4 Å². The molecule has 30 heavy (non-hydrogen) atoms. The van der Waals surface area contributed by atoms with Crippen LogP contribution in [0.5, 0.6) is 0 Å². The molecular formula is C19H29IN6O2S2. The molecule has 166 valence electrons. The number of halogens is 1. The number of sulfonamides is 1. The van der Waals surface area contributed by atoms with E-state index >= 15 is 0 Å². The molecule has 1 fully saturated rings. The number of benzene rings is 1. The number of aryl methyl sites for hydroxylation is 1. The summed E-state index contributed by atoms with van der Waals surface area (Å²) in [5.41, 5.74) is 0.722. The molecule has 0 saturated carbocycles. The predicted molar refractivity (Wildman–Crippen MR) is 132 cm³/mol. The van der Waals surface area contributed by atoms with Crippen molar-refractivity contribution in [2.45, 2.75) is 24.9 Å². The number of rotatable bonds is 6. The number of aliphatic imine (C=N–C) groups is 1. The average Bonchev–Trinajstić information content (AvgIpc) is 3.14. The van der Waals surface area contributed by atoms with Gasteiger partial charge in [-0.15, -0.1) is 35.3 Å². The summed E-state index contributed by atoms with van der Waals surface area (Å²) in [6.45, 7) is 5.46. The predicted octanol–water partition coefficient (Wildman–Crippen LogP) is 1.87. The summed E-state index contributed by atoms with van der Waals surface area (Å²) < 4.78 is 27.9. The van der Waals surface area contributed by atoms with E-state index in [2.05, 4.69) is 25.5 Å². The first kappa shape index (κ1) is 25.0. The fraction of sp³-hybridized carbons (Fsp3) is 0.474. The van der Waals surface area contributed by atoms with Gasteiger partial charge in [0.05, 0.1) is 11.4 Å². The molecule has 0 spiro atoms. The van der Waals surface area contributed by atoms with Crippen molar-refractivity contribution in [3.63, 3.8) is 0 Å². The molecule has 1 aromatic heterocycles. The van der Waals surface area contributed by atoms with Gasteiger partial charge in [-0.2, -0.15) is 4.31 Å². The first-order chi connectivity index (χ1) is 13.9. The van der Waals surface area contributed by atoms with Gasteiger partial charge >= 0.3 is 0 Å². The molecule has 11 heteroatoms. The van der Waals surface area contributed by atoms with E-state index in [0.717, 1.165) is 28.5 Å². The molecular weight excluding hydrogens is 535 g/mol. The summed E-state index contributed by atoms with van der Waals surface area (Å²) in [4.78, 5) is 12.2. The van der Waals surface area contributed by atoms with Crippen molar-refractivity contribution in [3.05, 3.63) is 45.9 Å². The van der Waals surface area contributed by atoms with Crippen LogP contribution >= 0.6 is 35.3 Å². The Balaban J connectivity index is 0.00000320. The zero-order valence-corrected chi connectivity index (χ0v) is 21.4. The van der Waals surface area contributed by atoms with Gasteiger partial charge in [0.2, 0.25) is 10.0 Å². The van der Waals surface area contributed by atoms with E-state index in [1.807, 2.05) is 32.3 Å². The van der Waals surface area contributed by atoms with Crippen LogP contribution in [0, 0.1) is 6.92 Å². The Labute approximate surface area is 199 Å². The fourth-order valence-electron chi connectivity index (χ4n) is 3.11. The van der Waals surface area contributed by atoms with Crippen LogP contribution in [0.25, 0.3) is 0 Å². The van der Waals surface area contributed by atoms with E-state index in [4.69, 9.17) is 0 Å². The summed E-state index contributed by atoms with van der Waals surface area (Å²) in [7, 11) is 0.172. The number of thiazole rings is 1. The first-order valence-corrected chi connectivity index (χ1v) is 11.8. The fourth-order valence-corrected chi connectivity index (χ4v) is 5.48. The highest BCUT2D eigenvalue weighted by molar-refractivity contribution is 14.0. The Kier molecular flexibility index (Phi) is 9.47. The molecule has 1 saturated heterocycles. The maximum Gasteiger partial charge on any atom is 0.243 e. The third-order valence-electron chi connectivity index (χ3n) is 4.80.